The molecule has 3 heteroatoms. The summed E-state index contributed by atoms with van der Waals surface area (Å²) in [4.78, 5) is 0. The van der Waals surface area contributed by atoms with Crippen LogP contribution < -0.4 is 0 Å². The number of benzene rings is 1. The molecule has 1 aromatic rings. The molecule has 1 aromatic carbocycles. The largest absolute Gasteiger partial charge is 0.0498 e. The monoisotopic (exact) mass is 325 g/mol. The molecule has 0 aliphatic heterocycles. The van der Waals surface area contributed by atoms with E-state index in [-0.39, 0.29) is 0 Å². The van der Waals surface area contributed by atoms with E-state index in [4.69, 9.17) is 0 Å². The van der Waals surface area contributed by atoms with Gasteiger partial charge in [-0.2, -0.15) is 0 Å². The van der Waals surface area contributed by atoms with Crippen molar-refractivity contribution in [1.29, 1.82) is 0 Å². The van der Waals surface area contributed by atoms with E-state index >= 15 is 0 Å². The van der Waals surface area contributed by atoms with E-state index in [0.717, 1.165) is 13.4 Å². The van der Waals surface area contributed by atoms with E-state index in [2.05, 4.69) is 53.9 Å². The number of halogens is 3. The molecule has 0 saturated carbocycles. The van der Waals surface area contributed by atoms with E-state index in [1.807, 2.05) is 13.0 Å². The molecule has 0 heterocycles. The van der Waals surface area contributed by atoms with Crippen molar-refractivity contribution in [2.75, 3.05) is 0 Å². The summed E-state index contributed by atoms with van der Waals surface area (Å²) in [5, 5.41) is 0. The van der Waals surface area contributed by atoms with Crippen molar-refractivity contribution in [3.63, 3.8) is 0 Å². The average molecular weight is 328 g/mol. The van der Waals surface area contributed by atoms with Crippen LogP contribution in [0.4, 0.5) is 0 Å². The fraction of sp³-hybridized carbons (Fsp3) is 0.143. The van der Waals surface area contributed by atoms with E-state index in [1.165, 1.54) is 5.56 Å². The molecule has 53 valence electrons. The zero-order valence-electron chi connectivity index (χ0n) is 5.21. The number of rotatable bonds is 0. The number of hydrogen-bond donors (Lipinski definition) is 0. The van der Waals surface area contributed by atoms with Crippen LogP contribution in [0.5, 0.6) is 0 Å². The molecular formula is C7H4Br3. The normalized spacial score (nSPS) is 10.0. The summed E-state index contributed by atoms with van der Waals surface area (Å²) in [7, 11) is 0. The first-order chi connectivity index (χ1) is 4.61. The van der Waals surface area contributed by atoms with Crippen molar-refractivity contribution in [1.82, 2.24) is 0 Å². The Kier molecular flexibility index (Phi) is 2.95. The Morgan fingerprint density at radius 1 is 1.20 bits per heavy atom. The predicted octanol–water partition coefficient (Wildman–Crippen LogP) is 4.08. The van der Waals surface area contributed by atoms with Crippen LogP contribution in [0.15, 0.2) is 19.5 Å². The van der Waals surface area contributed by atoms with Gasteiger partial charge in [-0.25, -0.2) is 0 Å². The predicted molar refractivity (Wildman–Crippen MR) is 53.1 cm³/mol. The van der Waals surface area contributed by atoms with E-state index in [9.17, 15) is 0 Å². The topological polar surface area (TPSA) is 0 Å². The van der Waals surface area contributed by atoms with Crippen LogP contribution in [-0.2, 0) is 0 Å². The molecule has 1 radical (unpaired) electrons. The Labute approximate surface area is 85.4 Å². The number of hydrogen-bond acceptors (Lipinski definition) is 0. The van der Waals surface area contributed by atoms with Gasteiger partial charge in [0.25, 0.3) is 0 Å². The second kappa shape index (κ2) is 3.37. The fourth-order valence-corrected chi connectivity index (χ4v) is 1.91. The molecule has 10 heavy (non-hydrogen) atoms. The molecule has 0 N–H and O–H groups in total. The van der Waals surface area contributed by atoms with Crippen molar-refractivity contribution in [3.8, 4) is 0 Å². The van der Waals surface area contributed by atoms with Crippen molar-refractivity contribution < 1.29 is 0 Å². The third kappa shape index (κ3) is 1.83. The van der Waals surface area contributed by atoms with Crippen molar-refractivity contribution in [2.24, 2.45) is 0 Å². The highest BCUT2D eigenvalue weighted by Crippen LogP contribution is 2.28. The Morgan fingerprint density at radius 2 is 1.80 bits per heavy atom. The van der Waals surface area contributed by atoms with Crippen LogP contribution in [0.3, 0.4) is 0 Å². The van der Waals surface area contributed by atoms with Crippen LogP contribution >= 0.6 is 47.8 Å². The maximum atomic E-state index is 3.38. The molecule has 0 bridgehead atoms. The lowest BCUT2D eigenvalue weighted by Gasteiger charge is -1.99. The van der Waals surface area contributed by atoms with Crippen LogP contribution in [-0.4, -0.2) is 0 Å². The second-order valence-electron chi connectivity index (χ2n) is 1.93. The maximum Gasteiger partial charge on any atom is 0.0408 e. The molecule has 1 rings (SSSR count). The molecule has 0 amide bonds. The molecule has 0 nitrogen and oxygen atoms in total. The van der Waals surface area contributed by atoms with Gasteiger partial charge in [-0.15, -0.1) is 0 Å². The lowest BCUT2D eigenvalue weighted by atomic mass is 10.2. The Morgan fingerprint density at radius 3 is 2.30 bits per heavy atom. The second-order valence-corrected chi connectivity index (χ2v) is 4.37. The molecule has 0 fully saturated rings. The van der Waals surface area contributed by atoms with Gasteiger partial charge in [0.15, 0.2) is 0 Å². The van der Waals surface area contributed by atoms with Gasteiger partial charge in [-0.3, -0.25) is 0 Å². The standard InChI is InChI=1S/C7H4Br3/c1-4-2-6(9)7(10)3-5(4)8/h2H,1H3. The average Bonchev–Trinajstić information content (AvgIpc) is 1.84. The zero-order chi connectivity index (χ0) is 7.72. The van der Waals surface area contributed by atoms with Crippen molar-refractivity contribution in [2.45, 2.75) is 6.92 Å². The summed E-state index contributed by atoms with van der Waals surface area (Å²) >= 11 is 10.1. The highest BCUT2D eigenvalue weighted by Gasteiger charge is 2.00. The first kappa shape index (κ1) is 8.75. The van der Waals surface area contributed by atoms with E-state index in [1.54, 1.807) is 0 Å². The summed E-state index contributed by atoms with van der Waals surface area (Å²) in [6.07, 6.45) is 0. The minimum atomic E-state index is 0.949. The summed E-state index contributed by atoms with van der Waals surface area (Å²) < 4.78 is 2.99. The zero-order valence-corrected chi connectivity index (χ0v) is 9.97. The molecule has 0 aliphatic rings. The minimum absolute atomic E-state index is 0.949. The fourth-order valence-electron chi connectivity index (χ4n) is 0.571. The minimum Gasteiger partial charge on any atom is -0.0498 e. The third-order valence-electron chi connectivity index (χ3n) is 1.12. The van der Waals surface area contributed by atoms with E-state index < -0.39 is 0 Å². The molecule has 0 spiro atoms. The molecular weight excluding hydrogens is 324 g/mol. The maximum absolute atomic E-state index is 3.38. The molecule has 0 saturated heterocycles. The Hall–Kier alpha value is 0.660. The molecule has 0 aromatic heterocycles. The van der Waals surface area contributed by atoms with Gasteiger partial charge in [0, 0.05) is 19.5 Å². The highest BCUT2D eigenvalue weighted by atomic mass is 79.9. The van der Waals surface area contributed by atoms with Gasteiger partial charge < -0.3 is 0 Å². The lowest BCUT2D eigenvalue weighted by molar-refractivity contribution is 1.38. The summed E-state index contributed by atoms with van der Waals surface area (Å²) in [6, 6.07) is 5.13. The van der Waals surface area contributed by atoms with Gasteiger partial charge in [0.1, 0.15) is 0 Å². The van der Waals surface area contributed by atoms with Crippen LogP contribution in [0, 0.1) is 13.0 Å². The third-order valence-corrected chi connectivity index (χ3v) is 3.73. The van der Waals surface area contributed by atoms with Gasteiger partial charge in [0.2, 0.25) is 0 Å². The molecule has 0 aliphatic carbocycles. The Balaban J connectivity index is 3.28. The van der Waals surface area contributed by atoms with Crippen molar-refractivity contribution in [3.05, 3.63) is 31.1 Å². The summed E-state index contributed by atoms with van der Waals surface area (Å²) in [6.45, 7) is 2.03. The lowest BCUT2D eigenvalue weighted by Crippen LogP contribution is -1.77. The first-order valence-corrected chi connectivity index (χ1v) is 5.02. The van der Waals surface area contributed by atoms with Crippen LogP contribution in [0.1, 0.15) is 5.56 Å². The van der Waals surface area contributed by atoms with E-state index in [0.29, 0.717) is 0 Å². The molecule has 0 unspecified atom stereocenters. The molecule has 0 atom stereocenters. The summed E-state index contributed by atoms with van der Waals surface area (Å²) in [5.74, 6) is 0. The van der Waals surface area contributed by atoms with Crippen molar-refractivity contribution >= 4 is 47.8 Å². The van der Waals surface area contributed by atoms with Crippen LogP contribution in [0.25, 0.3) is 0 Å². The van der Waals surface area contributed by atoms with Gasteiger partial charge in [-0.1, -0.05) is 0 Å². The number of aryl methyl sites for hydroxylation is 1. The van der Waals surface area contributed by atoms with Gasteiger partial charge >= 0.3 is 0 Å². The Bertz CT molecular complexity index is 205. The quantitative estimate of drug-likeness (QED) is 0.630. The SMILES string of the molecule is Cc1cc(Br)c(Br)[c]c1Br. The first-order valence-electron chi connectivity index (χ1n) is 2.64. The smallest absolute Gasteiger partial charge is 0.0408 e. The van der Waals surface area contributed by atoms with Gasteiger partial charge in [-0.05, 0) is 66.3 Å². The summed E-state index contributed by atoms with van der Waals surface area (Å²) in [5.41, 5.74) is 1.18. The highest BCUT2D eigenvalue weighted by molar-refractivity contribution is 9.13. The van der Waals surface area contributed by atoms with Crippen LogP contribution in [0.2, 0.25) is 0 Å². The van der Waals surface area contributed by atoms with Gasteiger partial charge in [0.05, 0.1) is 0 Å².